The Morgan fingerprint density at radius 3 is 2.31 bits per heavy atom. The maximum atomic E-state index is 13.5. The molecule has 1 aromatic carbocycles. The van der Waals surface area contributed by atoms with Gasteiger partial charge in [0.05, 0.1) is 24.0 Å². The van der Waals surface area contributed by atoms with Gasteiger partial charge in [-0.3, -0.25) is 19.4 Å². The molecule has 0 spiro atoms. The molecule has 0 radical (unpaired) electrons. The Labute approximate surface area is 300 Å². The van der Waals surface area contributed by atoms with Crippen LogP contribution in [0.4, 0.5) is 10.6 Å². The second kappa shape index (κ2) is 14.0. The number of hydrogen-bond donors (Lipinski definition) is 2. The Balaban J connectivity index is 1.14. The number of ether oxygens (including phenoxy) is 2. The van der Waals surface area contributed by atoms with Crippen LogP contribution in [0.15, 0.2) is 48.7 Å². The normalized spacial score (nSPS) is 18.6. The molecule has 1 saturated heterocycles. The van der Waals surface area contributed by atoms with E-state index in [4.69, 9.17) is 9.47 Å². The van der Waals surface area contributed by atoms with Gasteiger partial charge in [-0.05, 0) is 56.4 Å². The van der Waals surface area contributed by atoms with Crippen LogP contribution in [-0.2, 0) is 15.6 Å². The summed E-state index contributed by atoms with van der Waals surface area (Å²) < 4.78 is 14.0. The highest BCUT2D eigenvalue weighted by molar-refractivity contribution is 5.94. The molecule has 4 aromatic rings. The number of aromatic nitrogens is 5. The number of urea groups is 1. The lowest BCUT2D eigenvalue weighted by molar-refractivity contribution is -0.0775. The van der Waals surface area contributed by atoms with Gasteiger partial charge >= 0.3 is 6.03 Å². The van der Waals surface area contributed by atoms with Crippen LogP contribution in [-0.4, -0.2) is 73.1 Å². The zero-order valence-corrected chi connectivity index (χ0v) is 31.4. The molecule has 0 saturated carbocycles. The number of carbonyl (C=O) groups is 2. The molecule has 2 aliphatic rings. The molecular formula is C39H52N8O4. The molecule has 0 bridgehead atoms. The molecule has 1 aliphatic carbocycles. The molecule has 51 heavy (non-hydrogen) atoms. The first kappa shape index (κ1) is 36.4. The van der Waals surface area contributed by atoms with Gasteiger partial charge in [0.1, 0.15) is 23.5 Å². The number of nitrogens with zero attached hydrogens (tertiary/aromatic N) is 6. The van der Waals surface area contributed by atoms with Crippen LogP contribution in [0, 0.1) is 0 Å². The standard InChI is InChI=1S/C39H52N8O4/c1-37(2,3)31-20-32(42-34(41-31)29(48)18-19-39(7,8)46-21-25(22-46)50-9)43-36(49)40-28-15-16-30(27-13-11-10-12-26(27)28)51-24-14-17-33-44-45-35(38(4,5)6)47(33)23-24/h10-14,17,20,23,25,28,30H,15-16,18-19,21-22H2,1-9H3,(H2,40,41,42,43,49)/t28-,30+/m0/s1. The lowest BCUT2D eigenvalue weighted by Gasteiger charge is -2.48. The Hall–Kier alpha value is -4.42. The number of amides is 2. The molecule has 272 valence electrons. The van der Waals surface area contributed by atoms with Gasteiger partial charge in [0, 0.05) is 49.1 Å². The van der Waals surface area contributed by atoms with Gasteiger partial charge in [-0.2, -0.15) is 0 Å². The number of benzene rings is 1. The average molecular weight is 697 g/mol. The van der Waals surface area contributed by atoms with Crippen molar-refractivity contribution in [2.45, 2.75) is 116 Å². The molecule has 1 aliphatic heterocycles. The Morgan fingerprint density at radius 1 is 0.902 bits per heavy atom. The largest absolute Gasteiger partial charge is 0.484 e. The fraction of sp³-hybridized carbons (Fsp3) is 0.538. The lowest BCUT2D eigenvalue weighted by Crippen LogP contribution is -2.60. The molecule has 2 amide bonds. The Bertz CT molecular complexity index is 1900. The van der Waals surface area contributed by atoms with Crippen molar-refractivity contribution in [3.05, 3.63) is 77.1 Å². The second-order valence-electron chi connectivity index (χ2n) is 16.5. The second-order valence-corrected chi connectivity index (χ2v) is 16.5. The number of nitrogens with one attached hydrogen (secondary N) is 2. The highest BCUT2D eigenvalue weighted by Crippen LogP contribution is 2.39. The van der Waals surface area contributed by atoms with Crippen molar-refractivity contribution < 1.29 is 19.1 Å². The Kier molecular flexibility index (Phi) is 9.95. The van der Waals surface area contributed by atoms with Crippen molar-refractivity contribution >= 4 is 23.3 Å². The fourth-order valence-electron chi connectivity index (χ4n) is 6.74. The number of Topliss-reactive ketones (excluding diaryl/α,β-unsaturated/α-hetero) is 1. The van der Waals surface area contributed by atoms with E-state index in [1.807, 2.05) is 61.7 Å². The number of likely N-dealkylation sites (tertiary alicyclic amines) is 1. The smallest absolute Gasteiger partial charge is 0.320 e. The maximum Gasteiger partial charge on any atom is 0.320 e. The topological polar surface area (TPSA) is 136 Å². The van der Waals surface area contributed by atoms with E-state index in [0.717, 1.165) is 41.4 Å². The molecule has 1 fully saturated rings. The van der Waals surface area contributed by atoms with Crippen LogP contribution >= 0.6 is 0 Å². The average Bonchev–Trinajstić information content (AvgIpc) is 3.48. The summed E-state index contributed by atoms with van der Waals surface area (Å²) in [4.78, 5) is 38.5. The maximum absolute atomic E-state index is 13.5. The zero-order chi connectivity index (χ0) is 36.7. The third-order valence-corrected chi connectivity index (χ3v) is 10.1. The molecule has 3 aromatic heterocycles. The van der Waals surface area contributed by atoms with Gasteiger partial charge in [0.2, 0.25) is 0 Å². The molecule has 0 unspecified atom stereocenters. The van der Waals surface area contributed by atoms with Crippen LogP contribution in [0.25, 0.3) is 5.65 Å². The van der Waals surface area contributed by atoms with E-state index in [1.165, 1.54) is 0 Å². The SMILES string of the molecule is COC1CN(C(C)(C)CCC(=O)c2nc(NC(=O)N[C@H]3CC[C@@H](Oc4ccc5nnc(C(C)(C)C)n5c4)c4ccccc43)cc(C(C)(C)C)n2)C1. The molecule has 6 rings (SSSR count). The number of hydrogen-bond acceptors (Lipinski definition) is 9. The number of rotatable bonds is 10. The number of carbonyl (C=O) groups excluding carboxylic acids is 2. The summed E-state index contributed by atoms with van der Waals surface area (Å²) in [6.07, 6.45) is 4.34. The van der Waals surface area contributed by atoms with E-state index in [0.29, 0.717) is 37.2 Å². The first-order chi connectivity index (χ1) is 24.0. The van der Waals surface area contributed by atoms with Crippen LogP contribution in [0.3, 0.4) is 0 Å². The van der Waals surface area contributed by atoms with E-state index in [-0.39, 0.29) is 46.2 Å². The van der Waals surface area contributed by atoms with Crippen LogP contribution in [0.1, 0.15) is 126 Å². The van der Waals surface area contributed by atoms with E-state index in [9.17, 15) is 9.59 Å². The van der Waals surface area contributed by atoms with E-state index in [1.54, 1.807) is 13.2 Å². The zero-order valence-electron chi connectivity index (χ0n) is 31.4. The van der Waals surface area contributed by atoms with Gasteiger partial charge in [-0.15, -0.1) is 10.2 Å². The quantitative estimate of drug-likeness (QED) is 0.169. The molecule has 12 nitrogen and oxygen atoms in total. The number of methoxy groups -OCH3 is 1. The first-order valence-corrected chi connectivity index (χ1v) is 17.9. The fourth-order valence-corrected chi connectivity index (χ4v) is 6.74. The monoisotopic (exact) mass is 696 g/mol. The molecule has 2 N–H and O–H groups in total. The van der Waals surface area contributed by atoms with Crippen molar-refractivity contribution in [3.8, 4) is 5.75 Å². The van der Waals surface area contributed by atoms with Crippen LogP contribution in [0.5, 0.6) is 5.75 Å². The van der Waals surface area contributed by atoms with Gasteiger partial charge < -0.3 is 14.8 Å². The minimum absolute atomic E-state index is 0.120. The van der Waals surface area contributed by atoms with Crippen molar-refractivity contribution in [2.75, 3.05) is 25.5 Å². The Morgan fingerprint density at radius 2 is 1.63 bits per heavy atom. The summed E-state index contributed by atoms with van der Waals surface area (Å²) in [5.41, 5.74) is 2.79. The number of fused-ring (bicyclic) bond motifs is 2. The van der Waals surface area contributed by atoms with Crippen molar-refractivity contribution in [2.24, 2.45) is 0 Å². The summed E-state index contributed by atoms with van der Waals surface area (Å²) in [6, 6.07) is 13.0. The van der Waals surface area contributed by atoms with Crippen molar-refractivity contribution in [1.29, 1.82) is 0 Å². The number of anilines is 1. The number of ketones is 1. The summed E-state index contributed by atoms with van der Waals surface area (Å²) in [5.74, 6) is 1.86. The summed E-state index contributed by atoms with van der Waals surface area (Å²) in [5, 5.41) is 14.8. The highest BCUT2D eigenvalue weighted by Gasteiger charge is 2.38. The molecule has 2 atom stereocenters. The predicted octanol–water partition coefficient (Wildman–Crippen LogP) is 6.96. The highest BCUT2D eigenvalue weighted by atomic mass is 16.5. The van der Waals surface area contributed by atoms with E-state index in [2.05, 4.69) is 76.4 Å². The third-order valence-electron chi connectivity index (χ3n) is 10.1. The van der Waals surface area contributed by atoms with Gasteiger partial charge in [0.15, 0.2) is 17.3 Å². The molecular weight excluding hydrogens is 644 g/mol. The lowest BCUT2D eigenvalue weighted by atomic mass is 9.85. The van der Waals surface area contributed by atoms with Crippen LogP contribution < -0.4 is 15.4 Å². The van der Waals surface area contributed by atoms with E-state index < -0.39 is 6.03 Å². The summed E-state index contributed by atoms with van der Waals surface area (Å²) in [7, 11) is 1.73. The number of pyridine rings is 1. The predicted molar refractivity (Wildman–Crippen MR) is 196 cm³/mol. The summed E-state index contributed by atoms with van der Waals surface area (Å²) in [6.45, 7) is 18.4. The van der Waals surface area contributed by atoms with Crippen LogP contribution in [0.2, 0.25) is 0 Å². The summed E-state index contributed by atoms with van der Waals surface area (Å²) >= 11 is 0. The minimum Gasteiger partial charge on any atom is -0.484 e. The first-order valence-electron chi connectivity index (χ1n) is 17.9. The molecule has 4 heterocycles. The minimum atomic E-state index is -0.398. The van der Waals surface area contributed by atoms with Gasteiger partial charge in [-0.1, -0.05) is 65.8 Å². The molecule has 12 heteroatoms. The van der Waals surface area contributed by atoms with Crippen molar-refractivity contribution in [1.82, 2.24) is 34.8 Å². The van der Waals surface area contributed by atoms with E-state index >= 15 is 0 Å². The third kappa shape index (κ3) is 8.07. The van der Waals surface area contributed by atoms with Gasteiger partial charge in [0.25, 0.3) is 0 Å². The van der Waals surface area contributed by atoms with Crippen molar-refractivity contribution in [3.63, 3.8) is 0 Å². The van der Waals surface area contributed by atoms with Gasteiger partial charge in [-0.25, -0.2) is 14.8 Å².